The Hall–Kier alpha value is -0.640. The standard InChI is InChI=1S/C16H18BrNS/c1-10-6-12(17)4-5-13(10)14-7-11-8-18-9-16(2,3)15(11)19-14/h4-7,18H,8-9H2,1-3H3. The molecule has 0 amide bonds. The second-order valence-electron chi connectivity index (χ2n) is 5.91. The van der Waals surface area contributed by atoms with E-state index >= 15 is 0 Å². The molecule has 2 aromatic rings. The fraction of sp³-hybridized carbons (Fsp3) is 0.375. The highest BCUT2D eigenvalue weighted by molar-refractivity contribution is 9.10. The van der Waals surface area contributed by atoms with Crippen LogP contribution in [0.5, 0.6) is 0 Å². The maximum absolute atomic E-state index is 3.54. The summed E-state index contributed by atoms with van der Waals surface area (Å²) in [6, 6.07) is 8.91. The van der Waals surface area contributed by atoms with E-state index in [1.54, 1.807) is 4.88 Å². The molecule has 0 atom stereocenters. The molecule has 2 heterocycles. The first-order chi connectivity index (χ1) is 8.97. The van der Waals surface area contributed by atoms with Crippen molar-refractivity contribution in [2.24, 2.45) is 0 Å². The van der Waals surface area contributed by atoms with Crippen molar-refractivity contribution in [3.63, 3.8) is 0 Å². The Morgan fingerprint density at radius 2 is 2.05 bits per heavy atom. The molecule has 0 fully saturated rings. The molecule has 1 aromatic heterocycles. The maximum atomic E-state index is 3.54. The molecule has 0 saturated heterocycles. The summed E-state index contributed by atoms with van der Waals surface area (Å²) < 4.78 is 1.15. The van der Waals surface area contributed by atoms with Gasteiger partial charge in [-0.25, -0.2) is 0 Å². The van der Waals surface area contributed by atoms with Crippen molar-refractivity contribution in [1.82, 2.24) is 5.32 Å². The van der Waals surface area contributed by atoms with Crippen LogP contribution in [0, 0.1) is 6.92 Å². The number of hydrogen-bond donors (Lipinski definition) is 1. The summed E-state index contributed by atoms with van der Waals surface area (Å²) in [6.07, 6.45) is 0. The van der Waals surface area contributed by atoms with E-state index in [1.807, 2.05) is 11.3 Å². The molecule has 0 spiro atoms. The molecular weight excluding hydrogens is 318 g/mol. The fourth-order valence-corrected chi connectivity index (χ4v) is 4.61. The number of thiophene rings is 1. The maximum Gasteiger partial charge on any atom is 0.0351 e. The second kappa shape index (κ2) is 4.72. The molecule has 0 bridgehead atoms. The molecule has 1 N–H and O–H groups in total. The Morgan fingerprint density at radius 1 is 1.26 bits per heavy atom. The van der Waals surface area contributed by atoms with Gasteiger partial charge in [0.1, 0.15) is 0 Å². The molecule has 100 valence electrons. The van der Waals surface area contributed by atoms with Gasteiger partial charge in [0.2, 0.25) is 0 Å². The lowest BCUT2D eigenvalue weighted by molar-refractivity contribution is 0.445. The average Bonchev–Trinajstić information content (AvgIpc) is 2.73. The van der Waals surface area contributed by atoms with Gasteiger partial charge in [-0.3, -0.25) is 0 Å². The Morgan fingerprint density at radius 3 is 2.74 bits per heavy atom. The Kier molecular flexibility index (Phi) is 3.32. The summed E-state index contributed by atoms with van der Waals surface area (Å²) in [5, 5.41) is 3.52. The molecule has 0 radical (unpaired) electrons. The van der Waals surface area contributed by atoms with Crippen molar-refractivity contribution in [3.8, 4) is 10.4 Å². The zero-order chi connectivity index (χ0) is 13.6. The van der Waals surface area contributed by atoms with Crippen LogP contribution >= 0.6 is 27.3 Å². The normalized spacial score (nSPS) is 17.3. The summed E-state index contributed by atoms with van der Waals surface area (Å²) in [6.45, 7) is 8.91. The van der Waals surface area contributed by atoms with Gasteiger partial charge in [0.15, 0.2) is 0 Å². The SMILES string of the molecule is Cc1cc(Br)ccc1-c1cc2c(s1)C(C)(C)CNC2. The van der Waals surface area contributed by atoms with Crippen LogP contribution in [-0.4, -0.2) is 6.54 Å². The van der Waals surface area contributed by atoms with Crippen LogP contribution in [0.2, 0.25) is 0 Å². The van der Waals surface area contributed by atoms with E-state index in [-0.39, 0.29) is 5.41 Å². The van der Waals surface area contributed by atoms with Crippen molar-refractivity contribution < 1.29 is 0 Å². The van der Waals surface area contributed by atoms with E-state index in [0.717, 1.165) is 17.6 Å². The summed E-state index contributed by atoms with van der Waals surface area (Å²) in [4.78, 5) is 2.94. The topological polar surface area (TPSA) is 12.0 Å². The number of fused-ring (bicyclic) bond motifs is 1. The highest BCUT2D eigenvalue weighted by Gasteiger charge is 2.29. The van der Waals surface area contributed by atoms with Crippen molar-refractivity contribution in [1.29, 1.82) is 0 Å². The number of benzene rings is 1. The minimum atomic E-state index is 0.250. The quantitative estimate of drug-likeness (QED) is 0.784. The van der Waals surface area contributed by atoms with Crippen molar-refractivity contribution >= 4 is 27.3 Å². The third kappa shape index (κ3) is 2.39. The molecular formula is C16H18BrNS. The van der Waals surface area contributed by atoms with Crippen LogP contribution in [-0.2, 0) is 12.0 Å². The second-order valence-corrected chi connectivity index (χ2v) is 7.88. The predicted molar refractivity (Wildman–Crippen MR) is 86.9 cm³/mol. The molecule has 0 saturated carbocycles. The van der Waals surface area contributed by atoms with Gasteiger partial charge in [-0.1, -0.05) is 35.8 Å². The monoisotopic (exact) mass is 335 g/mol. The van der Waals surface area contributed by atoms with Crippen LogP contribution in [0.1, 0.15) is 29.9 Å². The molecule has 1 aromatic carbocycles. The lowest BCUT2D eigenvalue weighted by Crippen LogP contribution is -2.37. The van der Waals surface area contributed by atoms with Crippen LogP contribution in [0.4, 0.5) is 0 Å². The molecule has 1 aliphatic rings. The minimum Gasteiger partial charge on any atom is -0.312 e. The highest BCUT2D eigenvalue weighted by atomic mass is 79.9. The van der Waals surface area contributed by atoms with Gasteiger partial charge in [-0.05, 0) is 41.8 Å². The number of halogens is 1. The van der Waals surface area contributed by atoms with Crippen LogP contribution in [0.25, 0.3) is 10.4 Å². The number of hydrogen-bond acceptors (Lipinski definition) is 2. The molecule has 19 heavy (non-hydrogen) atoms. The molecule has 1 aliphatic heterocycles. The zero-order valence-electron chi connectivity index (χ0n) is 11.5. The molecule has 1 nitrogen and oxygen atoms in total. The average molecular weight is 336 g/mol. The third-order valence-corrected chi connectivity index (χ3v) is 5.83. The number of aryl methyl sites for hydroxylation is 1. The van der Waals surface area contributed by atoms with E-state index in [2.05, 4.69) is 66.3 Å². The predicted octanol–water partition coefficient (Wildman–Crippen LogP) is 4.87. The summed E-state index contributed by atoms with van der Waals surface area (Å²) in [5.74, 6) is 0. The van der Waals surface area contributed by atoms with Gasteiger partial charge in [0.25, 0.3) is 0 Å². The molecule has 0 aliphatic carbocycles. The van der Waals surface area contributed by atoms with Gasteiger partial charge in [-0.15, -0.1) is 11.3 Å². The number of nitrogens with one attached hydrogen (secondary N) is 1. The lowest BCUT2D eigenvalue weighted by atomic mass is 9.86. The van der Waals surface area contributed by atoms with Gasteiger partial charge >= 0.3 is 0 Å². The first-order valence-electron chi connectivity index (χ1n) is 6.58. The molecule has 3 heteroatoms. The molecule has 0 unspecified atom stereocenters. The smallest absolute Gasteiger partial charge is 0.0351 e. The van der Waals surface area contributed by atoms with E-state index in [1.165, 1.54) is 21.6 Å². The summed E-state index contributed by atoms with van der Waals surface area (Å²) in [7, 11) is 0. The third-order valence-electron chi connectivity index (χ3n) is 3.76. The van der Waals surface area contributed by atoms with Crippen molar-refractivity contribution in [3.05, 3.63) is 44.7 Å². The summed E-state index contributed by atoms with van der Waals surface area (Å²) >= 11 is 5.50. The van der Waals surface area contributed by atoms with Crippen LogP contribution in [0.3, 0.4) is 0 Å². The molecule has 3 rings (SSSR count). The Bertz CT molecular complexity index is 628. The van der Waals surface area contributed by atoms with E-state index in [4.69, 9.17) is 0 Å². The van der Waals surface area contributed by atoms with Gasteiger partial charge in [-0.2, -0.15) is 0 Å². The Balaban J connectivity index is 2.10. The van der Waals surface area contributed by atoms with Gasteiger partial charge in [0, 0.05) is 32.7 Å². The lowest BCUT2D eigenvalue weighted by Gasteiger charge is -2.30. The highest BCUT2D eigenvalue weighted by Crippen LogP contribution is 2.41. The van der Waals surface area contributed by atoms with Gasteiger partial charge in [0.05, 0.1) is 0 Å². The van der Waals surface area contributed by atoms with Crippen LogP contribution in [0.15, 0.2) is 28.7 Å². The Labute approximate surface area is 127 Å². The largest absolute Gasteiger partial charge is 0.312 e. The summed E-state index contributed by atoms with van der Waals surface area (Å²) in [5.41, 5.74) is 4.41. The van der Waals surface area contributed by atoms with E-state index < -0.39 is 0 Å². The van der Waals surface area contributed by atoms with E-state index in [9.17, 15) is 0 Å². The van der Waals surface area contributed by atoms with E-state index in [0.29, 0.717) is 0 Å². The van der Waals surface area contributed by atoms with Crippen molar-refractivity contribution in [2.75, 3.05) is 6.54 Å². The first-order valence-corrected chi connectivity index (χ1v) is 8.19. The zero-order valence-corrected chi connectivity index (χ0v) is 13.9. The fourth-order valence-electron chi connectivity index (χ4n) is 2.76. The number of rotatable bonds is 1. The minimum absolute atomic E-state index is 0.250. The first kappa shape index (κ1) is 13.3. The van der Waals surface area contributed by atoms with Crippen LogP contribution < -0.4 is 5.32 Å². The van der Waals surface area contributed by atoms with Crippen molar-refractivity contribution in [2.45, 2.75) is 32.7 Å². The van der Waals surface area contributed by atoms with Gasteiger partial charge < -0.3 is 5.32 Å².